The van der Waals surface area contributed by atoms with Gasteiger partial charge in [-0.1, -0.05) is 6.08 Å². The zero-order valence-corrected chi connectivity index (χ0v) is 4.63. The van der Waals surface area contributed by atoms with E-state index in [1.54, 1.807) is 12.3 Å². The largest absolute Gasteiger partial charge is 0.183 e. The number of thiol groups is 1. The molecule has 0 N–H and O–H groups in total. The Hall–Kier alpha value is 0.0900. The maximum atomic E-state index is 3.53. The Kier molecular flexibility index (Phi) is 58.6. The summed E-state index contributed by atoms with van der Waals surface area (Å²) >= 11 is 3.53. The topological polar surface area (TPSA) is 0 Å². The molecule has 0 radical (unpaired) electrons. The van der Waals surface area contributed by atoms with Gasteiger partial charge in [0.25, 0.3) is 0 Å². The number of hydrogen-bond acceptors (Lipinski definition) is 1. The van der Waals surface area contributed by atoms with Gasteiger partial charge in [-0.3, -0.25) is 0 Å². The van der Waals surface area contributed by atoms with E-state index in [1.165, 1.54) is 0 Å². The van der Waals surface area contributed by atoms with Crippen molar-refractivity contribution in [2.45, 2.75) is 6.92 Å². The first-order chi connectivity index (χ1) is 2.41. The average Bonchev–Trinajstić information content (AvgIpc) is 1.46. The van der Waals surface area contributed by atoms with E-state index < -0.39 is 0 Å². The first-order valence-electron chi connectivity index (χ1n) is 1.43. The van der Waals surface area contributed by atoms with Crippen LogP contribution in [0.25, 0.3) is 0 Å². The minimum absolute atomic E-state index is 1.69. The summed E-state index contributed by atoms with van der Waals surface area (Å²) in [7, 11) is 0. The zero-order valence-electron chi connectivity index (χ0n) is 3.73. The highest BCUT2D eigenvalue weighted by Crippen LogP contribution is 1.38. The van der Waals surface area contributed by atoms with Crippen molar-refractivity contribution in [3.8, 4) is 0 Å². The van der Waals surface area contributed by atoms with Gasteiger partial charge >= 0.3 is 0 Å². The predicted molar refractivity (Wildman–Crippen MR) is 30.8 cm³/mol. The normalized spacial score (nSPS) is 3.80. The molecule has 0 unspecified atom stereocenters. The van der Waals surface area contributed by atoms with Gasteiger partial charge in [0.15, 0.2) is 0 Å². The Morgan fingerprint density at radius 3 is 1.60 bits per heavy atom. The summed E-state index contributed by atoms with van der Waals surface area (Å²) in [4.78, 5) is 0. The molecule has 0 aromatic rings. The van der Waals surface area contributed by atoms with Crippen LogP contribution in [0.15, 0.2) is 12.7 Å². The molecule has 0 heterocycles. The fourth-order valence-corrected chi connectivity index (χ4v) is 0. The lowest BCUT2D eigenvalue weighted by Gasteiger charge is -1.31. The standard InChI is InChI=1S/C3H6.CH4S/c1-3-2;1-2/h3H,1H2,2H3;2H,1H3. The van der Waals surface area contributed by atoms with Crippen LogP contribution in [0.2, 0.25) is 0 Å². The van der Waals surface area contributed by atoms with Crippen LogP contribution >= 0.6 is 12.6 Å². The molecule has 0 aliphatic rings. The molecule has 0 bridgehead atoms. The van der Waals surface area contributed by atoms with Crippen molar-refractivity contribution in [3.05, 3.63) is 12.7 Å². The van der Waals surface area contributed by atoms with Gasteiger partial charge in [0, 0.05) is 0 Å². The summed E-state index contributed by atoms with van der Waals surface area (Å²) < 4.78 is 0. The monoisotopic (exact) mass is 90.1 g/mol. The molecule has 32 valence electrons. The van der Waals surface area contributed by atoms with E-state index in [-0.39, 0.29) is 0 Å². The maximum absolute atomic E-state index is 3.53. The van der Waals surface area contributed by atoms with Gasteiger partial charge in [0.1, 0.15) is 0 Å². The minimum Gasteiger partial charge on any atom is -0.183 e. The molecular weight excluding hydrogens is 80.1 g/mol. The van der Waals surface area contributed by atoms with E-state index in [0.29, 0.717) is 0 Å². The van der Waals surface area contributed by atoms with Crippen molar-refractivity contribution in [1.82, 2.24) is 0 Å². The van der Waals surface area contributed by atoms with Crippen molar-refractivity contribution in [1.29, 1.82) is 0 Å². The molecule has 0 amide bonds. The predicted octanol–water partition coefficient (Wildman–Crippen LogP) is 1.74. The Morgan fingerprint density at radius 1 is 1.60 bits per heavy atom. The molecule has 0 aliphatic carbocycles. The molecule has 0 aliphatic heterocycles. The molecule has 0 nitrogen and oxygen atoms in total. The second-order valence-electron chi connectivity index (χ2n) is 0.408. The van der Waals surface area contributed by atoms with Crippen LogP contribution in [0.5, 0.6) is 0 Å². The van der Waals surface area contributed by atoms with Gasteiger partial charge in [-0.05, 0) is 13.2 Å². The van der Waals surface area contributed by atoms with Crippen LogP contribution < -0.4 is 0 Å². The quantitative estimate of drug-likeness (QED) is 0.340. The first kappa shape index (κ1) is 8.92. The molecule has 0 aromatic heterocycles. The van der Waals surface area contributed by atoms with Crippen LogP contribution in [-0.4, -0.2) is 6.26 Å². The van der Waals surface area contributed by atoms with Gasteiger partial charge in [-0.15, -0.1) is 6.58 Å². The van der Waals surface area contributed by atoms with E-state index in [2.05, 4.69) is 19.2 Å². The Balaban J connectivity index is 0. The number of allylic oxidation sites excluding steroid dienone is 1. The summed E-state index contributed by atoms with van der Waals surface area (Å²) in [5.41, 5.74) is 0. The molecular formula is C4H10S. The summed E-state index contributed by atoms with van der Waals surface area (Å²) in [6.07, 6.45) is 3.44. The van der Waals surface area contributed by atoms with Crippen LogP contribution in [0.3, 0.4) is 0 Å². The second-order valence-corrected chi connectivity index (χ2v) is 0.408. The zero-order chi connectivity index (χ0) is 4.71. The minimum atomic E-state index is 1.69. The summed E-state index contributed by atoms with van der Waals surface area (Å²) in [6.45, 7) is 5.25. The lowest BCUT2D eigenvalue weighted by Crippen LogP contribution is -1.07. The van der Waals surface area contributed by atoms with Crippen LogP contribution in [0.1, 0.15) is 6.92 Å². The fraction of sp³-hybridized carbons (Fsp3) is 0.500. The van der Waals surface area contributed by atoms with Gasteiger partial charge < -0.3 is 0 Å². The van der Waals surface area contributed by atoms with Crippen molar-refractivity contribution >= 4 is 12.6 Å². The molecule has 0 saturated carbocycles. The highest BCUT2D eigenvalue weighted by molar-refractivity contribution is 7.79. The van der Waals surface area contributed by atoms with Crippen molar-refractivity contribution in [2.24, 2.45) is 0 Å². The molecule has 1 heteroatoms. The number of rotatable bonds is 0. The fourth-order valence-electron chi connectivity index (χ4n) is 0. The van der Waals surface area contributed by atoms with Crippen molar-refractivity contribution < 1.29 is 0 Å². The maximum Gasteiger partial charge on any atom is -0.0215 e. The van der Waals surface area contributed by atoms with Gasteiger partial charge in [-0.2, -0.15) is 12.6 Å². The molecule has 0 rings (SSSR count). The molecule has 0 spiro atoms. The Morgan fingerprint density at radius 2 is 1.60 bits per heavy atom. The SMILES string of the molecule is C=CC.CS. The van der Waals surface area contributed by atoms with Crippen LogP contribution in [0.4, 0.5) is 0 Å². The highest BCUT2D eigenvalue weighted by Gasteiger charge is 1.15. The Labute approximate surface area is 39.3 Å². The molecule has 0 aromatic carbocycles. The number of hydrogen-bond donors (Lipinski definition) is 1. The summed E-state index contributed by atoms with van der Waals surface area (Å²) in [5, 5.41) is 0. The van der Waals surface area contributed by atoms with Gasteiger partial charge in [0.2, 0.25) is 0 Å². The highest BCUT2D eigenvalue weighted by atomic mass is 32.1. The van der Waals surface area contributed by atoms with Crippen molar-refractivity contribution in [3.63, 3.8) is 0 Å². The molecule has 0 fully saturated rings. The van der Waals surface area contributed by atoms with Crippen LogP contribution in [0, 0.1) is 0 Å². The summed E-state index contributed by atoms with van der Waals surface area (Å²) in [6, 6.07) is 0. The van der Waals surface area contributed by atoms with Gasteiger partial charge in [-0.25, -0.2) is 0 Å². The van der Waals surface area contributed by atoms with E-state index in [9.17, 15) is 0 Å². The molecule has 5 heavy (non-hydrogen) atoms. The summed E-state index contributed by atoms with van der Waals surface area (Å²) in [5.74, 6) is 0. The van der Waals surface area contributed by atoms with E-state index in [4.69, 9.17) is 0 Å². The first-order valence-corrected chi connectivity index (χ1v) is 2.33. The van der Waals surface area contributed by atoms with E-state index in [0.717, 1.165) is 0 Å². The molecule has 0 saturated heterocycles. The third kappa shape index (κ3) is 2210. The van der Waals surface area contributed by atoms with E-state index in [1.807, 2.05) is 6.92 Å². The third-order valence-corrected chi connectivity index (χ3v) is 0. The average molecular weight is 90.2 g/mol. The van der Waals surface area contributed by atoms with Gasteiger partial charge in [0.05, 0.1) is 0 Å². The van der Waals surface area contributed by atoms with E-state index >= 15 is 0 Å². The lowest BCUT2D eigenvalue weighted by molar-refractivity contribution is 1.80. The Bertz CT molecular complexity index is 11.1. The second kappa shape index (κ2) is 32.9. The molecule has 0 atom stereocenters. The third-order valence-electron chi connectivity index (χ3n) is 0. The van der Waals surface area contributed by atoms with Crippen molar-refractivity contribution in [2.75, 3.05) is 6.26 Å². The van der Waals surface area contributed by atoms with Crippen LogP contribution in [-0.2, 0) is 0 Å². The lowest BCUT2D eigenvalue weighted by atomic mass is 10.8. The smallest absolute Gasteiger partial charge is 0.0215 e.